The molecule has 1 fully saturated rings. The van der Waals surface area contributed by atoms with Crippen LogP contribution in [0.3, 0.4) is 0 Å². The molecule has 3 unspecified atom stereocenters. The molecule has 1 saturated carbocycles. The zero-order chi connectivity index (χ0) is 24.3. The van der Waals surface area contributed by atoms with Gasteiger partial charge < -0.3 is 14.4 Å². The second-order valence-electron chi connectivity index (χ2n) is 11.3. The molecule has 1 aromatic heterocycles. The Morgan fingerprint density at radius 1 is 1.03 bits per heavy atom. The van der Waals surface area contributed by atoms with Crippen LogP contribution >= 0.6 is 0 Å². The Morgan fingerprint density at radius 2 is 1.71 bits per heavy atom. The van der Waals surface area contributed by atoms with Gasteiger partial charge >= 0.3 is 0 Å². The second kappa shape index (κ2) is 6.50. The number of amides is 1. The van der Waals surface area contributed by atoms with Crippen molar-refractivity contribution >= 4 is 22.6 Å². The topological polar surface area (TPSA) is 64.6 Å². The van der Waals surface area contributed by atoms with Gasteiger partial charge in [0.1, 0.15) is 5.82 Å². The number of ether oxygens (including phenoxy) is 2. The summed E-state index contributed by atoms with van der Waals surface area (Å²) in [5.41, 5.74) is 3.37. The standard InChI is InChI=1S/C28H28FN3O3/c1-15-5-6-16-11-17(29)7-8-20(16)32(15)25(33)28-10-9-27(4,26(28,2)3)23-24(28)31-19-13-22-21(34-14-35-22)12-18(19)30-23/h7-8,11-13,15H,5-6,9-10,14H2,1-4H3. The van der Waals surface area contributed by atoms with Gasteiger partial charge in [0, 0.05) is 29.3 Å². The summed E-state index contributed by atoms with van der Waals surface area (Å²) in [7, 11) is 0. The summed E-state index contributed by atoms with van der Waals surface area (Å²) in [5.74, 6) is 1.12. The first-order valence-electron chi connectivity index (χ1n) is 12.4. The van der Waals surface area contributed by atoms with Gasteiger partial charge in [-0.2, -0.15) is 0 Å². The first-order chi connectivity index (χ1) is 16.7. The SMILES string of the molecule is CC1CCc2cc(F)ccc2N1C(=O)C12CCC(C)(c3nc4cc5c(cc4nc31)OCO5)C2(C)C. The van der Waals surface area contributed by atoms with E-state index in [1.165, 1.54) is 6.07 Å². The number of carbonyl (C=O) groups is 1. The normalized spacial score (nSPS) is 29.4. The molecule has 2 bridgehead atoms. The highest BCUT2D eigenvalue weighted by Gasteiger charge is 2.74. The van der Waals surface area contributed by atoms with Gasteiger partial charge in [-0.3, -0.25) is 4.79 Å². The molecule has 7 heteroatoms. The number of aryl methyl sites for hydroxylation is 1. The summed E-state index contributed by atoms with van der Waals surface area (Å²) < 4.78 is 25.2. The lowest BCUT2D eigenvalue weighted by Gasteiger charge is -2.45. The van der Waals surface area contributed by atoms with Crippen LogP contribution in [0.4, 0.5) is 10.1 Å². The smallest absolute Gasteiger partial charge is 0.240 e. The molecule has 6 nitrogen and oxygen atoms in total. The lowest BCUT2D eigenvalue weighted by molar-refractivity contribution is -0.128. The average molecular weight is 474 g/mol. The molecule has 0 saturated heterocycles. The quantitative estimate of drug-likeness (QED) is 0.486. The van der Waals surface area contributed by atoms with Crippen molar-refractivity contribution in [1.29, 1.82) is 0 Å². The van der Waals surface area contributed by atoms with Gasteiger partial charge in [0.05, 0.1) is 27.8 Å². The predicted molar refractivity (Wildman–Crippen MR) is 129 cm³/mol. The zero-order valence-electron chi connectivity index (χ0n) is 20.4. The molecule has 2 aliphatic heterocycles. The maximum Gasteiger partial charge on any atom is 0.240 e. The van der Waals surface area contributed by atoms with Crippen LogP contribution in [-0.4, -0.2) is 28.7 Å². The Balaban J connectivity index is 1.45. The van der Waals surface area contributed by atoms with Crippen molar-refractivity contribution in [3.05, 3.63) is 53.1 Å². The fourth-order valence-electron chi connectivity index (χ4n) is 7.20. The van der Waals surface area contributed by atoms with E-state index in [9.17, 15) is 9.18 Å². The lowest BCUT2D eigenvalue weighted by atomic mass is 9.63. The van der Waals surface area contributed by atoms with E-state index in [-0.39, 0.29) is 30.0 Å². The van der Waals surface area contributed by atoms with Crippen LogP contribution in [0, 0.1) is 11.2 Å². The van der Waals surface area contributed by atoms with Crippen molar-refractivity contribution in [3.63, 3.8) is 0 Å². The van der Waals surface area contributed by atoms with E-state index in [4.69, 9.17) is 19.4 Å². The van der Waals surface area contributed by atoms with Gasteiger partial charge in [0.15, 0.2) is 11.5 Å². The molecule has 35 heavy (non-hydrogen) atoms. The van der Waals surface area contributed by atoms with E-state index in [2.05, 4.69) is 27.7 Å². The number of hydrogen-bond donors (Lipinski definition) is 0. The van der Waals surface area contributed by atoms with Crippen molar-refractivity contribution in [2.75, 3.05) is 11.7 Å². The molecule has 7 rings (SSSR count). The van der Waals surface area contributed by atoms with Gasteiger partial charge in [0.2, 0.25) is 12.7 Å². The van der Waals surface area contributed by atoms with Crippen LogP contribution in [0.2, 0.25) is 0 Å². The van der Waals surface area contributed by atoms with Crippen molar-refractivity contribution in [2.24, 2.45) is 5.41 Å². The number of halogens is 1. The molecule has 3 heterocycles. The number of hydrogen-bond acceptors (Lipinski definition) is 5. The van der Waals surface area contributed by atoms with Crippen LogP contribution in [0.1, 0.15) is 63.9 Å². The Morgan fingerprint density at radius 3 is 2.43 bits per heavy atom. The van der Waals surface area contributed by atoms with E-state index < -0.39 is 10.8 Å². The minimum absolute atomic E-state index is 0.0174. The van der Waals surface area contributed by atoms with Crippen LogP contribution in [-0.2, 0) is 22.0 Å². The molecule has 0 radical (unpaired) electrons. The molecular weight excluding hydrogens is 445 g/mol. The minimum Gasteiger partial charge on any atom is -0.454 e. The third-order valence-corrected chi connectivity index (χ3v) is 9.69. The number of anilines is 1. The maximum absolute atomic E-state index is 14.8. The molecular formula is C28H28FN3O3. The molecule has 3 aromatic rings. The number of fused-ring (bicyclic) bond motifs is 8. The molecule has 4 aliphatic rings. The largest absolute Gasteiger partial charge is 0.454 e. The molecule has 1 amide bonds. The highest BCUT2D eigenvalue weighted by molar-refractivity contribution is 6.05. The van der Waals surface area contributed by atoms with E-state index in [1.807, 2.05) is 17.0 Å². The molecule has 0 spiro atoms. The minimum atomic E-state index is -0.814. The number of nitrogens with zero attached hydrogens (tertiary/aromatic N) is 3. The fourth-order valence-corrected chi connectivity index (χ4v) is 7.20. The van der Waals surface area contributed by atoms with Crippen LogP contribution in [0.15, 0.2) is 30.3 Å². The Hall–Kier alpha value is -3.22. The van der Waals surface area contributed by atoms with E-state index in [1.54, 1.807) is 12.1 Å². The van der Waals surface area contributed by atoms with Crippen molar-refractivity contribution in [2.45, 2.75) is 70.3 Å². The van der Waals surface area contributed by atoms with Crippen molar-refractivity contribution in [3.8, 4) is 11.5 Å². The van der Waals surface area contributed by atoms with Gasteiger partial charge in [0.25, 0.3) is 0 Å². The monoisotopic (exact) mass is 473 g/mol. The van der Waals surface area contributed by atoms with Crippen LogP contribution in [0.5, 0.6) is 11.5 Å². The number of rotatable bonds is 1. The summed E-state index contributed by atoms with van der Waals surface area (Å²) in [5, 5.41) is 0. The summed E-state index contributed by atoms with van der Waals surface area (Å²) in [6.07, 6.45) is 3.14. The van der Waals surface area contributed by atoms with Gasteiger partial charge in [-0.25, -0.2) is 14.4 Å². The third-order valence-electron chi connectivity index (χ3n) is 9.69. The van der Waals surface area contributed by atoms with Crippen LogP contribution < -0.4 is 14.4 Å². The van der Waals surface area contributed by atoms with Crippen molar-refractivity contribution < 1.29 is 18.7 Å². The van der Waals surface area contributed by atoms with Gasteiger partial charge in [-0.05, 0) is 61.8 Å². The predicted octanol–water partition coefficient (Wildman–Crippen LogP) is 5.19. The number of aromatic nitrogens is 2. The number of carbonyl (C=O) groups excluding carboxylic acids is 1. The molecule has 2 aliphatic carbocycles. The van der Waals surface area contributed by atoms with Gasteiger partial charge in [-0.15, -0.1) is 0 Å². The summed E-state index contributed by atoms with van der Waals surface area (Å²) in [6, 6.07) is 8.56. The summed E-state index contributed by atoms with van der Waals surface area (Å²) >= 11 is 0. The molecule has 0 N–H and O–H groups in total. The Kier molecular flexibility index (Phi) is 3.92. The Bertz CT molecular complexity index is 1450. The Labute approximate surface area is 203 Å². The fraction of sp³-hybridized carbons (Fsp3) is 0.464. The lowest BCUT2D eigenvalue weighted by Crippen LogP contribution is -2.56. The summed E-state index contributed by atoms with van der Waals surface area (Å²) in [4.78, 5) is 27.0. The van der Waals surface area contributed by atoms with Gasteiger partial charge in [-0.1, -0.05) is 20.8 Å². The zero-order valence-corrected chi connectivity index (χ0v) is 20.4. The highest BCUT2D eigenvalue weighted by Crippen LogP contribution is 2.70. The van der Waals surface area contributed by atoms with E-state index in [0.29, 0.717) is 23.4 Å². The highest BCUT2D eigenvalue weighted by atomic mass is 19.1. The van der Waals surface area contributed by atoms with E-state index >= 15 is 0 Å². The molecule has 180 valence electrons. The second-order valence-corrected chi connectivity index (χ2v) is 11.3. The number of benzene rings is 2. The average Bonchev–Trinajstić information content (AvgIpc) is 3.40. The summed E-state index contributed by atoms with van der Waals surface area (Å²) in [6.45, 7) is 8.89. The molecule has 2 aromatic carbocycles. The maximum atomic E-state index is 14.8. The first-order valence-corrected chi connectivity index (χ1v) is 12.4. The third kappa shape index (κ3) is 2.37. The van der Waals surface area contributed by atoms with E-state index in [0.717, 1.165) is 47.4 Å². The first kappa shape index (κ1) is 21.1. The van der Waals surface area contributed by atoms with Crippen LogP contribution in [0.25, 0.3) is 11.0 Å². The van der Waals surface area contributed by atoms with Crippen molar-refractivity contribution in [1.82, 2.24) is 9.97 Å². The molecule has 3 atom stereocenters.